The van der Waals surface area contributed by atoms with Crippen LogP contribution >= 0.6 is 11.6 Å². The molecule has 158 valence electrons. The number of carbonyl (C=O) groups is 1. The summed E-state index contributed by atoms with van der Waals surface area (Å²) in [5, 5.41) is 12.9. The first kappa shape index (κ1) is 20.3. The standard InChI is InChI=1S/C20H23ClN6O3/c1-3-18-22-19(30-24-18)17-12-27(25-23-17)15-8-10-26(11-9-15)20(28)13(2)29-16-6-4-14(21)5-7-16/h4-7,12-13,15H,3,8-11H2,1-2H3. The SMILES string of the molecule is CCc1noc(-c2cn(C3CCN(C(=O)C(C)Oc4ccc(Cl)cc4)CC3)nn2)n1. The third-order valence-corrected chi connectivity index (χ3v) is 5.39. The number of amides is 1. The van der Waals surface area contributed by atoms with Crippen molar-refractivity contribution in [2.45, 2.75) is 45.3 Å². The largest absolute Gasteiger partial charge is 0.481 e. The molecule has 0 bridgehead atoms. The molecule has 1 amide bonds. The van der Waals surface area contributed by atoms with Gasteiger partial charge < -0.3 is 14.2 Å². The Kier molecular flexibility index (Phi) is 5.98. The van der Waals surface area contributed by atoms with Gasteiger partial charge in [0.25, 0.3) is 11.8 Å². The van der Waals surface area contributed by atoms with Gasteiger partial charge in [-0.05, 0) is 44.0 Å². The van der Waals surface area contributed by atoms with Crippen LogP contribution in [0, 0.1) is 0 Å². The van der Waals surface area contributed by atoms with E-state index in [0.717, 1.165) is 12.8 Å². The first-order chi connectivity index (χ1) is 14.5. The number of rotatable bonds is 6. The second kappa shape index (κ2) is 8.83. The minimum Gasteiger partial charge on any atom is -0.481 e. The van der Waals surface area contributed by atoms with Crippen molar-refractivity contribution < 1.29 is 14.1 Å². The van der Waals surface area contributed by atoms with E-state index in [0.29, 0.717) is 47.7 Å². The molecule has 0 radical (unpaired) electrons. The fourth-order valence-electron chi connectivity index (χ4n) is 3.43. The summed E-state index contributed by atoms with van der Waals surface area (Å²) < 4.78 is 12.8. The van der Waals surface area contributed by atoms with Crippen LogP contribution in [-0.2, 0) is 11.2 Å². The lowest BCUT2D eigenvalue weighted by molar-refractivity contribution is -0.139. The monoisotopic (exact) mass is 430 g/mol. The summed E-state index contributed by atoms with van der Waals surface area (Å²) in [6, 6.07) is 7.16. The van der Waals surface area contributed by atoms with Crippen molar-refractivity contribution in [2.75, 3.05) is 13.1 Å². The predicted molar refractivity (Wildman–Crippen MR) is 109 cm³/mol. The van der Waals surface area contributed by atoms with E-state index in [1.54, 1.807) is 31.2 Å². The molecule has 3 aromatic rings. The second-order valence-corrected chi connectivity index (χ2v) is 7.66. The summed E-state index contributed by atoms with van der Waals surface area (Å²) in [6.07, 6.45) is 3.52. The third kappa shape index (κ3) is 4.46. The molecule has 9 nitrogen and oxygen atoms in total. The maximum absolute atomic E-state index is 12.7. The van der Waals surface area contributed by atoms with E-state index in [2.05, 4.69) is 20.5 Å². The van der Waals surface area contributed by atoms with Gasteiger partial charge in [0.05, 0.1) is 12.2 Å². The lowest BCUT2D eigenvalue weighted by Gasteiger charge is -2.33. The van der Waals surface area contributed by atoms with Crippen LogP contribution in [0.1, 0.15) is 38.6 Å². The van der Waals surface area contributed by atoms with Crippen molar-refractivity contribution in [3.63, 3.8) is 0 Å². The van der Waals surface area contributed by atoms with Gasteiger partial charge in [-0.2, -0.15) is 4.98 Å². The van der Waals surface area contributed by atoms with E-state index < -0.39 is 6.10 Å². The number of piperidine rings is 1. The molecular weight excluding hydrogens is 408 g/mol. The first-order valence-electron chi connectivity index (χ1n) is 9.99. The number of aromatic nitrogens is 5. The predicted octanol–water partition coefficient (Wildman–Crippen LogP) is 3.17. The Bertz CT molecular complexity index is 994. The molecule has 30 heavy (non-hydrogen) atoms. The number of nitrogens with zero attached hydrogens (tertiary/aromatic N) is 6. The maximum Gasteiger partial charge on any atom is 0.280 e. The number of carbonyl (C=O) groups excluding carboxylic acids is 1. The zero-order valence-corrected chi connectivity index (χ0v) is 17.6. The maximum atomic E-state index is 12.7. The minimum absolute atomic E-state index is 0.0272. The summed E-state index contributed by atoms with van der Waals surface area (Å²) in [4.78, 5) is 18.9. The van der Waals surface area contributed by atoms with Crippen LogP contribution in [0.25, 0.3) is 11.6 Å². The van der Waals surface area contributed by atoms with E-state index >= 15 is 0 Å². The molecule has 1 unspecified atom stereocenters. The molecule has 0 saturated carbocycles. The fraction of sp³-hybridized carbons (Fsp3) is 0.450. The van der Waals surface area contributed by atoms with Crippen LogP contribution < -0.4 is 4.74 Å². The summed E-state index contributed by atoms with van der Waals surface area (Å²) in [7, 11) is 0. The molecule has 0 aliphatic carbocycles. The van der Waals surface area contributed by atoms with Crippen molar-refractivity contribution in [1.82, 2.24) is 30.0 Å². The van der Waals surface area contributed by atoms with Crippen LogP contribution in [0.2, 0.25) is 5.02 Å². The highest BCUT2D eigenvalue weighted by Crippen LogP contribution is 2.25. The van der Waals surface area contributed by atoms with E-state index in [1.165, 1.54) is 0 Å². The number of hydrogen-bond donors (Lipinski definition) is 0. The van der Waals surface area contributed by atoms with Gasteiger partial charge in [0.15, 0.2) is 17.6 Å². The van der Waals surface area contributed by atoms with Gasteiger partial charge in [-0.25, -0.2) is 4.68 Å². The van der Waals surface area contributed by atoms with Crippen LogP contribution in [0.4, 0.5) is 0 Å². The van der Waals surface area contributed by atoms with Crippen LogP contribution in [0.3, 0.4) is 0 Å². The molecule has 2 aromatic heterocycles. The Labute approximate surface area is 179 Å². The van der Waals surface area contributed by atoms with Gasteiger partial charge in [0.2, 0.25) is 0 Å². The average Bonchev–Trinajstić information content (AvgIpc) is 3.44. The molecule has 1 atom stereocenters. The lowest BCUT2D eigenvalue weighted by Crippen LogP contribution is -2.45. The van der Waals surface area contributed by atoms with E-state index in [-0.39, 0.29) is 11.9 Å². The highest BCUT2D eigenvalue weighted by atomic mass is 35.5. The van der Waals surface area contributed by atoms with Gasteiger partial charge >= 0.3 is 0 Å². The van der Waals surface area contributed by atoms with Crippen LogP contribution in [0.5, 0.6) is 5.75 Å². The molecule has 1 aromatic carbocycles. The normalized spacial score (nSPS) is 15.9. The average molecular weight is 431 g/mol. The van der Waals surface area contributed by atoms with E-state index in [4.69, 9.17) is 20.9 Å². The molecule has 0 N–H and O–H groups in total. The number of halogens is 1. The second-order valence-electron chi connectivity index (χ2n) is 7.22. The molecular formula is C20H23ClN6O3. The van der Waals surface area contributed by atoms with E-state index in [1.807, 2.05) is 22.7 Å². The van der Waals surface area contributed by atoms with Crippen molar-refractivity contribution in [3.05, 3.63) is 41.3 Å². The zero-order chi connectivity index (χ0) is 21.1. The summed E-state index contributed by atoms with van der Waals surface area (Å²) >= 11 is 5.89. The molecule has 10 heteroatoms. The summed E-state index contributed by atoms with van der Waals surface area (Å²) in [5.41, 5.74) is 0.561. The molecule has 1 aliphatic heterocycles. The number of benzene rings is 1. The third-order valence-electron chi connectivity index (χ3n) is 5.14. The molecule has 4 rings (SSSR count). The van der Waals surface area contributed by atoms with Crippen molar-refractivity contribution in [1.29, 1.82) is 0 Å². The Morgan fingerprint density at radius 2 is 2.03 bits per heavy atom. The number of hydrogen-bond acceptors (Lipinski definition) is 7. The summed E-state index contributed by atoms with van der Waals surface area (Å²) in [5.74, 6) is 1.61. The fourth-order valence-corrected chi connectivity index (χ4v) is 3.56. The molecule has 3 heterocycles. The molecule has 1 aliphatic rings. The van der Waals surface area contributed by atoms with E-state index in [9.17, 15) is 4.79 Å². The molecule has 1 saturated heterocycles. The quantitative estimate of drug-likeness (QED) is 0.592. The smallest absolute Gasteiger partial charge is 0.280 e. The van der Waals surface area contributed by atoms with Crippen LogP contribution in [-0.4, -0.2) is 55.1 Å². The van der Waals surface area contributed by atoms with Gasteiger partial charge in [-0.1, -0.05) is 28.9 Å². The number of ether oxygens (including phenoxy) is 1. The highest BCUT2D eigenvalue weighted by molar-refractivity contribution is 6.30. The van der Waals surface area contributed by atoms with Crippen LogP contribution in [0.15, 0.2) is 35.0 Å². The molecule has 1 fully saturated rings. The van der Waals surface area contributed by atoms with Gasteiger partial charge in [-0.3, -0.25) is 4.79 Å². The van der Waals surface area contributed by atoms with Gasteiger partial charge in [0, 0.05) is 24.5 Å². The zero-order valence-electron chi connectivity index (χ0n) is 16.9. The number of aryl methyl sites for hydroxylation is 1. The van der Waals surface area contributed by atoms with Crippen molar-refractivity contribution in [3.8, 4) is 17.3 Å². The van der Waals surface area contributed by atoms with Crippen molar-refractivity contribution in [2.24, 2.45) is 0 Å². The van der Waals surface area contributed by atoms with Gasteiger partial charge in [0.1, 0.15) is 5.75 Å². The van der Waals surface area contributed by atoms with Crippen molar-refractivity contribution >= 4 is 17.5 Å². The lowest BCUT2D eigenvalue weighted by atomic mass is 10.0. The highest BCUT2D eigenvalue weighted by Gasteiger charge is 2.28. The molecule has 0 spiro atoms. The summed E-state index contributed by atoms with van der Waals surface area (Å²) in [6.45, 7) is 4.99. The Hall–Kier alpha value is -2.94. The number of likely N-dealkylation sites (tertiary alicyclic amines) is 1. The Balaban J connectivity index is 1.32. The Morgan fingerprint density at radius 3 is 2.70 bits per heavy atom. The Morgan fingerprint density at radius 1 is 1.30 bits per heavy atom. The van der Waals surface area contributed by atoms with Gasteiger partial charge in [-0.15, -0.1) is 5.10 Å². The topological polar surface area (TPSA) is 99.2 Å². The minimum atomic E-state index is -0.564. The first-order valence-corrected chi connectivity index (χ1v) is 10.4.